The molecule has 21 heavy (non-hydrogen) atoms. The number of nitrogens with two attached hydrogens (primary N) is 1. The van der Waals surface area contributed by atoms with Crippen LogP contribution in [0.15, 0.2) is 12.4 Å². The lowest BCUT2D eigenvalue weighted by Crippen LogP contribution is -2.39. The SMILES string of the molecule is CC1CCCCN1CCCNC(=O)c1cncc(NN)n1. The first kappa shape index (κ1) is 15.7. The van der Waals surface area contributed by atoms with E-state index in [-0.39, 0.29) is 11.6 Å². The number of carbonyl (C=O) groups is 1. The molecule has 7 heteroatoms. The van der Waals surface area contributed by atoms with Gasteiger partial charge in [-0.25, -0.2) is 10.8 Å². The van der Waals surface area contributed by atoms with E-state index in [0.717, 1.165) is 13.0 Å². The Bertz CT molecular complexity index is 467. The van der Waals surface area contributed by atoms with Gasteiger partial charge < -0.3 is 15.6 Å². The lowest BCUT2D eigenvalue weighted by molar-refractivity contribution is 0.0943. The molecule has 0 bridgehead atoms. The number of hydrogen-bond acceptors (Lipinski definition) is 6. The van der Waals surface area contributed by atoms with Gasteiger partial charge in [-0.15, -0.1) is 0 Å². The van der Waals surface area contributed by atoms with Gasteiger partial charge in [-0.3, -0.25) is 9.78 Å². The fraction of sp³-hybridized carbons (Fsp3) is 0.643. The summed E-state index contributed by atoms with van der Waals surface area (Å²) in [6, 6.07) is 0.660. The van der Waals surface area contributed by atoms with Crippen LogP contribution in [0.5, 0.6) is 0 Å². The van der Waals surface area contributed by atoms with E-state index in [1.165, 1.54) is 38.2 Å². The van der Waals surface area contributed by atoms with Gasteiger partial charge in [0.15, 0.2) is 5.82 Å². The van der Waals surface area contributed by atoms with Gasteiger partial charge in [-0.2, -0.15) is 0 Å². The summed E-state index contributed by atoms with van der Waals surface area (Å²) in [6.45, 7) is 5.12. The van der Waals surface area contributed by atoms with Crippen LogP contribution in [0.1, 0.15) is 43.1 Å². The van der Waals surface area contributed by atoms with Crippen molar-refractivity contribution < 1.29 is 4.79 Å². The van der Waals surface area contributed by atoms with E-state index >= 15 is 0 Å². The molecular weight excluding hydrogens is 268 g/mol. The zero-order valence-electron chi connectivity index (χ0n) is 12.5. The number of hydrazine groups is 1. The lowest BCUT2D eigenvalue weighted by Gasteiger charge is -2.33. The summed E-state index contributed by atoms with van der Waals surface area (Å²) in [7, 11) is 0. The zero-order valence-corrected chi connectivity index (χ0v) is 12.5. The Hall–Kier alpha value is -1.73. The number of nitrogen functional groups attached to an aromatic ring is 1. The van der Waals surface area contributed by atoms with Crippen LogP contribution in [0, 0.1) is 0 Å². The number of piperidine rings is 1. The maximum atomic E-state index is 11.9. The number of carbonyl (C=O) groups excluding carboxylic acids is 1. The summed E-state index contributed by atoms with van der Waals surface area (Å²) < 4.78 is 0. The van der Waals surface area contributed by atoms with Crippen LogP contribution in [-0.4, -0.2) is 46.5 Å². The summed E-state index contributed by atoms with van der Waals surface area (Å²) in [6.07, 6.45) is 7.74. The minimum atomic E-state index is -0.216. The summed E-state index contributed by atoms with van der Waals surface area (Å²) in [5.74, 6) is 5.41. The highest BCUT2D eigenvalue weighted by atomic mass is 16.1. The maximum absolute atomic E-state index is 11.9. The van der Waals surface area contributed by atoms with Crippen molar-refractivity contribution in [2.75, 3.05) is 25.1 Å². The standard InChI is InChI=1S/C14H24N6O/c1-11-5-2-3-7-20(11)8-4-6-17-14(21)12-9-16-10-13(18-12)19-15/h9-11H,2-8,15H2,1H3,(H,17,21)(H,18,19). The number of nitrogens with zero attached hydrogens (tertiary/aromatic N) is 3. The fourth-order valence-electron chi connectivity index (χ4n) is 2.61. The van der Waals surface area contributed by atoms with Gasteiger partial charge in [0.2, 0.25) is 0 Å². The first-order valence-electron chi connectivity index (χ1n) is 7.51. The number of hydrogen-bond donors (Lipinski definition) is 3. The molecule has 0 spiro atoms. The van der Waals surface area contributed by atoms with Crippen molar-refractivity contribution in [3.05, 3.63) is 18.1 Å². The molecule has 0 aliphatic carbocycles. The van der Waals surface area contributed by atoms with Gasteiger partial charge in [0.1, 0.15) is 5.69 Å². The average molecular weight is 292 g/mol. The molecule has 1 aromatic heterocycles. The minimum Gasteiger partial charge on any atom is -0.351 e. The molecule has 1 amide bonds. The van der Waals surface area contributed by atoms with Crippen molar-refractivity contribution in [2.24, 2.45) is 5.84 Å². The van der Waals surface area contributed by atoms with Gasteiger partial charge in [-0.1, -0.05) is 6.42 Å². The van der Waals surface area contributed by atoms with Gasteiger partial charge in [0.25, 0.3) is 5.91 Å². The van der Waals surface area contributed by atoms with Crippen LogP contribution in [0.3, 0.4) is 0 Å². The van der Waals surface area contributed by atoms with Crippen molar-refractivity contribution in [1.82, 2.24) is 20.2 Å². The van der Waals surface area contributed by atoms with Gasteiger partial charge in [0.05, 0.1) is 12.4 Å². The quantitative estimate of drug-likeness (QED) is 0.407. The number of rotatable bonds is 6. The molecule has 1 atom stereocenters. The number of anilines is 1. The predicted octanol–water partition coefficient (Wildman–Crippen LogP) is 0.757. The monoisotopic (exact) mass is 292 g/mol. The van der Waals surface area contributed by atoms with Gasteiger partial charge in [-0.05, 0) is 32.7 Å². The highest BCUT2D eigenvalue weighted by Gasteiger charge is 2.17. The first-order valence-corrected chi connectivity index (χ1v) is 7.51. The summed E-state index contributed by atoms with van der Waals surface area (Å²) in [5.41, 5.74) is 2.65. The first-order chi connectivity index (χ1) is 10.2. The van der Waals surface area contributed by atoms with Crippen molar-refractivity contribution >= 4 is 11.7 Å². The van der Waals surface area contributed by atoms with E-state index in [1.54, 1.807) is 0 Å². The second-order valence-corrected chi connectivity index (χ2v) is 5.42. The second kappa shape index (κ2) is 7.90. The normalized spacial score (nSPS) is 19.2. The Balaban J connectivity index is 1.71. The highest BCUT2D eigenvalue weighted by molar-refractivity contribution is 5.92. The van der Waals surface area contributed by atoms with Crippen LogP contribution < -0.4 is 16.6 Å². The smallest absolute Gasteiger partial charge is 0.271 e. The number of likely N-dealkylation sites (tertiary alicyclic amines) is 1. The van der Waals surface area contributed by atoms with E-state index in [0.29, 0.717) is 18.4 Å². The molecule has 1 saturated heterocycles. The van der Waals surface area contributed by atoms with Gasteiger partial charge in [0, 0.05) is 19.1 Å². The molecule has 1 aliphatic heterocycles. The third kappa shape index (κ3) is 4.64. The Morgan fingerprint density at radius 1 is 1.48 bits per heavy atom. The van der Waals surface area contributed by atoms with Gasteiger partial charge >= 0.3 is 0 Å². The largest absolute Gasteiger partial charge is 0.351 e. The van der Waals surface area contributed by atoms with Crippen LogP contribution >= 0.6 is 0 Å². The lowest BCUT2D eigenvalue weighted by atomic mass is 10.0. The third-order valence-corrected chi connectivity index (χ3v) is 3.86. The molecule has 116 valence electrons. The van der Waals surface area contributed by atoms with E-state index in [9.17, 15) is 4.79 Å². The van der Waals surface area contributed by atoms with Crippen molar-refractivity contribution in [3.8, 4) is 0 Å². The third-order valence-electron chi connectivity index (χ3n) is 3.86. The molecule has 7 nitrogen and oxygen atoms in total. The van der Waals surface area contributed by atoms with Crippen molar-refractivity contribution in [3.63, 3.8) is 0 Å². The number of amides is 1. The summed E-state index contributed by atoms with van der Waals surface area (Å²) in [4.78, 5) is 22.4. The number of nitrogens with one attached hydrogen (secondary N) is 2. The average Bonchev–Trinajstić information content (AvgIpc) is 2.53. The van der Waals surface area contributed by atoms with Crippen molar-refractivity contribution in [1.29, 1.82) is 0 Å². The van der Waals surface area contributed by atoms with E-state index in [2.05, 4.69) is 32.5 Å². The zero-order chi connectivity index (χ0) is 15.1. The second-order valence-electron chi connectivity index (χ2n) is 5.42. The summed E-state index contributed by atoms with van der Waals surface area (Å²) >= 11 is 0. The summed E-state index contributed by atoms with van der Waals surface area (Å²) in [5, 5.41) is 2.87. The topological polar surface area (TPSA) is 96.2 Å². The van der Waals surface area contributed by atoms with E-state index in [4.69, 9.17) is 5.84 Å². The van der Waals surface area contributed by atoms with Crippen LogP contribution in [0.25, 0.3) is 0 Å². The van der Waals surface area contributed by atoms with E-state index < -0.39 is 0 Å². The highest BCUT2D eigenvalue weighted by Crippen LogP contribution is 2.16. The molecular formula is C14H24N6O. The fourth-order valence-corrected chi connectivity index (χ4v) is 2.61. The molecule has 4 N–H and O–H groups in total. The Labute approximate surface area is 125 Å². The molecule has 1 fully saturated rings. The van der Waals surface area contributed by atoms with Crippen LogP contribution in [0.2, 0.25) is 0 Å². The minimum absolute atomic E-state index is 0.216. The molecule has 0 saturated carbocycles. The molecule has 2 heterocycles. The molecule has 1 aliphatic rings. The Kier molecular flexibility index (Phi) is 5.89. The molecule has 2 rings (SSSR count). The molecule has 1 aromatic rings. The van der Waals surface area contributed by atoms with E-state index in [1.807, 2.05) is 0 Å². The Morgan fingerprint density at radius 2 is 2.33 bits per heavy atom. The van der Waals surface area contributed by atoms with Crippen LogP contribution in [-0.2, 0) is 0 Å². The predicted molar refractivity (Wildman–Crippen MR) is 81.7 cm³/mol. The van der Waals surface area contributed by atoms with Crippen LogP contribution in [0.4, 0.5) is 5.82 Å². The maximum Gasteiger partial charge on any atom is 0.271 e. The van der Waals surface area contributed by atoms with Crippen molar-refractivity contribution in [2.45, 2.75) is 38.6 Å². The number of aromatic nitrogens is 2. The molecule has 1 unspecified atom stereocenters. The molecule has 0 aromatic carbocycles. The molecule has 0 radical (unpaired) electrons. The Morgan fingerprint density at radius 3 is 3.10 bits per heavy atom.